The molecule has 0 saturated heterocycles. The minimum absolute atomic E-state index is 0.153. The van der Waals surface area contributed by atoms with Crippen LogP contribution in [0.1, 0.15) is 39.4 Å². The van der Waals surface area contributed by atoms with Crippen LogP contribution in [0.3, 0.4) is 0 Å². The molecule has 1 atom stereocenters. The average molecular weight is 273 g/mol. The summed E-state index contributed by atoms with van der Waals surface area (Å²) >= 11 is 0. The maximum absolute atomic E-state index is 12.3. The maximum Gasteiger partial charge on any atom is 0.165 e. The molecular formula is C19H15NO. The molecule has 0 aliphatic heterocycles. The van der Waals surface area contributed by atoms with Crippen molar-refractivity contribution in [3.8, 4) is 0 Å². The van der Waals surface area contributed by atoms with E-state index in [2.05, 4.69) is 42.2 Å². The molecule has 0 bridgehead atoms. The van der Waals surface area contributed by atoms with Crippen LogP contribution in [-0.4, -0.2) is 10.8 Å². The number of aryl methyl sites for hydroxylation is 1. The van der Waals surface area contributed by atoms with Gasteiger partial charge in [-0.15, -0.1) is 0 Å². The Bertz CT molecular complexity index is 866. The van der Waals surface area contributed by atoms with Crippen molar-refractivity contribution in [3.05, 3.63) is 77.0 Å². The van der Waals surface area contributed by atoms with Crippen LogP contribution in [0.2, 0.25) is 0 Å². The largest absolute Gasteiger partial charge is 0.294 e. The molecule has 1 unspecified atom stereocenters. The quantitative estimate of drug-likeness (QED) is 0.663. The zero-order chi connectivity index (χ0) is 14.4. The molecule has 1 aliphatic rings. The van der Waals surface area contributed by atoms with Gasteiger partial charge in [0.1, 0.15) is 0 Å². The van der Waals surface area contributed by atoms with Gasteiger partial charge in [0.05, 0.1) is 5.52 Å². The van der Waals surface area contributed by atoms with E-state index >= 15 is 0 Å². The summed E-state index contributed by atoms with van der Waals surface area (Å²) in [6.45, 7) is 2.09. The summed E-state index contributed by atoms with van der Waals surface area (Å²) in [4.78, 5) is 16.8. The van der Waals surface area contributed by atoms with E-state index in [-0.39, 0.29) is 11.7 Å². The van der Waals surface area contributed by atoms with Crippen molar-refractivity contribution < 1.29 is 4.79 Å². The lowest BCUT2D eigenvalue weighted by Gasteiger charge is -2.14. The first kappa shape index (κ1) is 12.3. The van der Waals surface area contributed by atoms with Crippen molar-refractivity contribution in [2.24, 2.45) is 0 Å². The van der Waals surface area contributed by atoms with Crippen molar-refractivity contribution in [1.29, 1.82) is 0 Å². The molecule has 0 amide bonds. The normalized spacial score (nSPS) is 17.2. The minimum atomic E-state index is 0.153. The predicted molar refractivity (Wildman–Crippen MR) is 83.7 cm³/mol. The molecule has 21 heavy (non-hydrogen) atoms. The summed E-state index contributed by atoms with van der Waals surface area (Å²) in [5.74, 6) is 0.357. The van der Waals surface area contributed by atoms with E-state index in [0.29, 0.717) is 6.42 Å². The highest BCUT2D eigenvalue weighted by Crippen LogP contribution is 2.41. The topological polar surface area (TPSA) is 30.0 Å². The zero-order valence-corrected chi connectivity index (χ0v) is 11.8. The van der Waals surface area contributed by atoms with Gasteiger partial charge in [-0.2, -0.15) is 0 Å². The van der Waals surface area contributed by atoms with E-state index in [1.807, 2.05) is 18.2 Å². The molecule has 0 N–H and O–H groups in total. The monoisotopic (exact) mass is 273 g/mol. The van der Waals surface area contributed by atoms with Gasteiger partial charge in [-0.1, -0.05) is 48.0 Å². The summed E-state index contributed by atoms with van der Waals surface area (Å²) in [5.41, 5.74) is 5.35. The van der Waals surface area contributed by atoms with Gasteiger partial charge >= 0.3 is 0 Å². The third-order valence-corrected chi connectivity index (χ3v) is 4.30. The molecule has 0 saturated carbocycles. The Kier molecular flexibility index (Phi) is 2.64. The third-order valence-electron chi connectivity index (χ3n) is 4.30. The number of pyridine rings is 1. The van der Waals surface area contributed by atoms with Crippen LogP contribution in [0.25, 0.3) is 10.9 Å². The number of aromatic nitrogens is 1. The molecule has 0 fully saturated rings. The summed E-state index contributed by atoms with van der Waals surface area (Å²) < 4.78 is 0. The highest BCUT2D eigenvalue weighted by molar-refractivity contribution is 6.06. The first-order chi connectivity index (χ1) is 10.2. The number of hydrogen-bond donors (Lipinski definition) is 0. The molecule has 0 radical (unpaired) electrons. The zero-order valence-electron chi connectivity index (χ0n) is 11.8. The molecular weight excluding hydrogens is 258 g/mol. The van der Waals surface area contributed by atoms with Crippen molar-refractivity contribution in [3.63, 3.8) is 0 Å². The summed E-state index contributed by atoms with van der Waals surface area (Å²) in [5, 5.41) is 1.10. The summed E-state index contributed by atoms with van der Waals surface area (Å²) in [6.07, 6.45) is 2.30. The smallest absolute Gasteiger partial charge is 0.165 e. The fourth-order valence-corrected chi connectivity index (χ4v) is 3.33. The highest BCUT2D eigenvalue weighted by atomic mass is 16.1. The Balaban J connectivity index is 1.99. The van der Waals surface area contributed by atoms with Crippen molar-refractivity contribution >= 4 is 16.7 Å². The van der Waals surface area contributed by atoms with Gasteiger partial charge in [0.15, 0.2) is 5.78 Å². The molecule has 3 aromatic rings. The van der Waals surface area contributed by atoms with Crippen LogP contribution >= 0.6 is 0 Å². The fraction of sp³-hybridized carbons (Fsp3) is 0.158. The number of ketones is 1. The van der Waals surface area contributed by atoms with Crippen LogP contribution in [0, 0.1) is 6.92 Å². The second-order valence-electron chi connectivity index (χ2n) is 5.70. The first-order valence-corrected chi connectivity index (χ1v) is 7.21. The van der Waals surface area contributed by atoms with Crippen LogP contribution in [-0.2, 0) is 0 Å². The van der Waals surface area contributed by atoms with Gasteiger partial charge in [-0.3, -0.25) is 9.78 Å². The van der Waals surface area contributed by atoms with E-state index in [0.717, 1.165) is 22.0 Å². The molecule has 4 rings (SSSR count). The van der Waals surface area contributed by atoms with E-state index < -0.39 is 0 Å². The number of hydrogen-bond acceptors (Lipinski definition) is 2. The van der Waals surface area contributed by atoms with Crippen LogP contribution < -0.4 is 0 Å². The molecule has 0 spiro atoms. The highest BCUT2D eigenvalue weighted by Gasteiger charge is 2.32. The standard InChI is InChI=1S/C19H15NO/c1-12-5-4-6-13(9-12)15-10-18(21)16-11-20-17-8-3-2-7-14(17)19(15)16/h2-9,11,15H,10H2,1H3. The van der Waals surface area contributed by atoms with Gasteiger partial charge in [-0.05, 0) is 24.1 Å². The Morgan fingerprint density at radius 1 is 1.10 bits per heavy atom. The molecule has 2 nitrogen and oxygen atoms in total. The van der Waals surface area contributed by atoms with Gasteiger partial charge in [0.2, 0.25) is 0 Å². The number of nitrogens with zero attached hydrogens (tertiary/aromatic N) is 1. The molecule has 1 aliphatic carbocycles. The van der Waals surface area contributed by atoms with Gasteiger partial charge < -0.3 is 0 Å². The van der Waals surface area contributed by atoms with Gasteiger partial charge in [0.25, 0.3) is 0 Å². The van der Waals surface area contributed by atoms with Gasteiger partial charge in [-0.25, -0.2) is 0 Å². The lowest BCUT2D eigenvalue weighted by Crippen LogP contribution is -1.98. The number of benzene rings is 2. The second-order valence-corrected chi connectivity index (χ2v) is 5.70. The third kappa shape index (κ3) is 1.87. The number of fused-ring (bicyclic) bond motifs is 3. The Hall–Kier alpha value is -2.48. The minimum Gasteiger partial charge on any atom is -0.294 e. The molecule has 2 aromatic carbocycles. The molecule has 2 heteroatoms. The number of para-hydroxylation sites is 1. The molecule has 1 heterocycles. The average Bonchev–Trinajstić information content (AvgIpc) is 2.85. The van der Waals surface area contributed by atoms with E-state index in [1.54, 1.807) is 6.20 Å². The summed E-state index contributed by atoms with van der Waals surface area (Å²) in [7, 11) is 0. The number of carbonyl (C=O) groups is 1. The summed E-state index contributed by atoms with van der Waals surface area (Å²) in [6, 6.07) is 16.5. The Labute approximate surface area is 123 Å². The van der Waals surface area contributed by atoms with Crippen molar-refractivity contribution in [2.75, 3.05) is 0 Å². The number of rotatable bonds is 1. The Morgan fingerprint density at radius 2 is 1.95 bits per heavy atom. The van der Waals surface area contributed by atoms with E-state index in [4.69, 9.17) is 0 Å². The second kappa shape index (κ2) is 4.52. The SMILES string of the molecule is Cc1cccc(C2CC(=O)c3cnc4ccccc4c32)c1. The van der Waals surface area contributed by atoms with Crippen LogP contribution in [0.15, 0.2) is 54.7 Å². The lowest BCUT2D eigenvalue weighted by atomic mass is 9.90. The van der Waals surface area contributed by atoms with Crippen LogP contribution in [0.4, 0.5) is 0 Å². The van der Waals surface area contributed by atoms with Crippen LogP contribution in [0.5, 0.6) is 0 Å². The van der Waals surface area contributed by atoms with Crippen molar-refractivity contribution in [2.45, 2.75) is 19.3 Å². The van der Waals surface area contributed by atoms with E-state index in [9.17, 15) is 4.79 Å². The molecule has 1 aromatic heterocycles. The maximum atomic E-state index is 12.3. The fourth-order valence-electron chi connectivity index (χ4n) is 3.33. The Morgan fingerprint density at radius 3 is 2.81 bits per heavy atom. The van der Waals surface area contributed by atoms with Crippen molar-refractivity contribution in [1.82, 2.24) is 4.98 Å². The molecule has 102 valence electrons. The predicted octanol–water partition coefficient (Wildman–Crippen LogP) is 4.26. The lowest BCUT2D eigenvalue weighted by molar-refractivity contribution is 0.0991. The number of carbonyl (C=O) groups excluding carboxylic acids is 1. The van der Waals surface area contributed by atoms with Gasteiger partial charge in [0, 0.05) is 29.5 Å². The first-order valence-electron chi connectivity index (χ1n) is 7.21. The van der Waals surface area contributed by atoms with E-state index in [1.165, 1.54) is 11.1 Å². The number of Topliss-reactive ketones (excluding diaryl/α,β-unsaturated/α-hetero) is 1.